The van der Waals surface area contributed by atoms with Gasteiger partial charge < -0.3 is 58.3 Å². The Balaban J connectivity index is 1.59. The molecule has 3 aromatic rings. The van der Waals surface area contributed by atoms with Crippen molar-refractivity contribution in [2.45, 2.75) is 139 Å². The summed E-state index contributed by atoms with van der Waals surface area (Å²) >= 11 is 0. The molecule has 7 amide bonds. The van der Waals surface area contributed by atoms with E-state index in [4.69, 9.17) is 5.73 Å². The van der Waals surface area contributed by atoms with E-state index in [1.54, 1.807) is 48.5 Å². The number of aliphatic hydroxyl groups excluding tert-OH is 3. The maximum atomic E-state index is 14.9. The molecule has 1 aliphatic carbocycles. The molecule has 412 valence electrons. The van der Waals surface area contributed by atoms with E-state index in [-0.39, 0.29) is 56.1 Å². The number of ketones is 1. The van der Waals surface area contributed by atoms with E-state index in [9.17, 15) is 53.7 Å². The second-order valence-corrected chi connectivity index (χ2v) is 21.8. The summed E-state index contributed by atoms with van der Waals surface area (Å²) in [4.78, 5) is 114. The highest BCUT2D eigenvalue weighted by atomic mass is 33.1. The van der Waals surface area contributed by atoms with Gasteiger partial charge in [0, 0.05) is 43.1 Å². The van der Waals surface area contributed by atoms with Crippen molar-refractivity contribution in [2.75, 3.05) is 24.7 Å². The Morgan fingerprint density at radius 3 is 2.05 bits per heavy atom. The van der Waals surface area contributed by atoms with Gasteiger partial charge in [-0.1, -0.05) is 120 Å². The summed E-state index contributed by atoms with van der Waals surface area (Å²) < 4.78 is 0. The third kappa shape index (κ3) is 18.9. The van der Waals surface area contributed by atoms with Crippen LogP contribution in [0, 0.1) is 5.92 Å². The first-order valence-electron chi connectivity index (χ1n) is 25.9. The van der Waals surface area contributed by atoms with E-state index in [1.807, 2.05) is 49.4 Å². The Morgan fingerprint density at radius 1 is 0.750 bits per heavy atom. The van der Waals surface area contributed by atoms with Crippen LogP contribution in [0.5, 0.6) is 0 Å². The van der Waals surface area contributed by atoms with Gasteiger partial charge in [-0.25, -0.2) is 0 Å². The lowest BCUT2D eigenvalue weighted by Gasteiger charge is -2.29. The summed E-state index contributed by atoms with van der Waals surface area (Å²) in [5, 5.41) is 50.3. The van der Waals surface area contributed by atoms with Gasteiger partial charge in [-0.15, -0.1) is 0 Å². The molecule has 5 rings (SSSR count). The Kier molecular flexibility index (Phi) is 24.9. The fourth-order valence-electron chi connectivity index (χ4n) is 8.82. The summed E-state index contributed by atoms with van der Waals surface area (Å²) in [6.07, 6.45) is 1.04. The van der Waals surface area contributed by atoms with Crippen molar-refractivity contribution in [3.05, 3.63) is 113 Å². The predicted octanol–water partition coefficient (Wildman–Crippen LogP) is 1.55. The monoisotopic (exact) mass is 1090 g/mol. The molecule has 0 unspecified atom stereocenters. The largest absolute Gasteiger partial charge is 0.394 e. The van der Waals surface area contributed by atoms with Crippen molar-refractivity contribution in [3.63, 3.8) is 0 Å². The maximum Gasteiger partial charge on any atom is 0.245 e. The number of benzene rings is 3. The standard InChI is InChI=1S/C55H74N8O11S2/c1-4-15-48(68)57-42(27-36-18-9-6-10-19-36)52(71)61-45-31-75-76-32-46(54(73)60-44(30-64)33(2)65)62-55(74)49(34(3)66)63-51(70)41(22-13-14-25-56)58-53(72)43(28-38-24-23-37-20-11-12-21-40(37)38)59-50(69)39(29-47(45)67)26-35-16-7-5-8-17-35/h5-12,16-21,24,33-34,39,41-46,49,64-66H,4,13-15,22-23,25-32,56H2,1-3H3,(H,57,68)(H,58,72)(H,59,69)(H,60,73)(H,61,71)(H,62,74)(H,63,70)/t33-,34-,39-,41+,42-,43-,44-,45+,46+,49+/m1/s1. The number of hydrogen-bond acceptors (Lipinski definition) is 14. The van der Waals surface area contributed by atoms with Crippen molar-refractivity contribution in [2.24, 2.45) is 11.7 Å². The zero-order valence-corrected chi connectivity index (χ0v) is 45.0. The molecule has 0 saturated carbocycles. The SMILES string of the molecule is CCCC(=O)N[C@H](Cc1ccccc1)C(=O)N[C@H]1CSSC[C@@H](C(=O)N[C@H](CO)[C@@H](C)O)NC(=O)[C@H]([C@@H](C)O)NC(=O)[C@H](CCCCN)NC(=O)[C@@H](CC2=CCc3ccccc32)NC(=O)[C@H](Cc2ccccc2)CC1=O. The fourth-order valence-corrected chi connectivity index (χ4v) is 11.2. The van der Waals surface area contributed by atoms with Crippen LogP contribution in [0.3, 0.4) is 0 Å². The third-order valence-electron chi connectivity index (χ3n) is 13.2. The highest BCUT2D eigenvalue weighted by Gasteiger charge is 2.37. The summed E-state index contributed by atoms with van der Waals surface area (Å²) in [6, 6.07) is 16.4. The molecule has 0 bridgehead atoms. The van der Waals surface area contributed by atoms with Crippen molar-refractivity contribution in [1.82, 2.24) is 37.2 Å². The molecular formula is C55H74N8O11S2. The van der Waals surface area contributed by atoms with Crippen molar-refractivity contribution in [1.29, 1.82) is 0 Å². The number of fused-ring (bicyclic) bond motifs is 1. The lowest BCUT2D eigenvalue weighted by atomic mass is 9.90. The molecule has 3 aromatic carbocycles. The van der Waals surface area contributed by atoms with Crippen LogP contribution in [0.1, 0.15) is 88.0 Å². The fraction of sp³-hybridized carbons (Fsp3) is 0.491. The summed E-state index contributed by atoms with van der Waals surface area (Å²) in [5.74, 6) is -7.09. The molecule has 21 heteroatoms. The van der Waals surface area contributed by atoms with Crippen LogP contribution in [0.2, 0.25) is 0 Å². The number of nitrogens with two attached hydrogens (primary N) is 1. The average molecular weight is 1090 g/mol. The van der Waals surface area contributed by atoms with Crippen LogP contribution in [0.4, 0.5) is 0 Å². The van der Waals surface area contributed by atoms with Gasteiger partial charge in [0.15, 0.2) is 5.78 Å². The highest BCUT2D eigenvalue weighted by molar-refractivity contribution is 8.76. The molecule has 10 atom stereocenters. The molecule has 1 saturated heterocycles. The Bertz CT molecular complexity index is 2470. The van der Waals surface area contributed by atoms with Gasteiger partial charge in [0.25, 0.3) is 0 Å². The van der Waals surface area contributed by atoms with Crippen LogP contribution in [-0.4, -0.2) is 142 Å². The minimum absolute atomic E-state index is 0.00875. The Labute approximate surface area is 452 Å². The van der Waals surface area contributed by atoms with Crippen LogP contribution in [-0.2, 0) is 57.6 Å². The van der Waals surface area contributed by atoms with Gasteiger partial charge in [0.1, 0.15) is 30.2 Å². The van der Waals surface area contributed by atoms with E-state index in [2.05, 4.69) is 37.2 Å². The van der Waals surface area contributed by atoms with Crippen molar-refractivity contribution >= 4 is 74.3 Å². The molecule has 1 aliphatic heterocycles. The number of unbranched alkanes of at least 4 members (excludes halogenated alkanes) is 1. The number of carbonyl (C=O) groups excluding carboxylic acids is 8. The second kappa shape index (κ2) is 31.2. The molecule has 2 aliphatic rings. The van der Waals surface area contributed by atoms with Gasteiger partial charge in [0.05, 0.1) is 30.9 Å². The van der Waals surface area contributed by atoms with E-state index in [0.717, 1.165) is 43.9 Å². The molecular weight excluding hydrogens is 1010 g/mol. The normalized spacial score (nSPS) is 22.7. The lowest BCUT2D eigenvalue weighted by Crippen LogP contribution is -2.61. The number of aliphatic hydroxyl groups is 3. The average Bonchev–Trinajstić information content (AvgIpc) is 3.81. The number of allylic oxidation sites excluding steroid dienone is 1. The molecule has 19 nitrogen and oxygen atoms in total. The number of rotatable bonds is 20. The lowest BCUT2D eigenvalue weighted by molar-refractivity contribution is -0.137. The quantitative estimate of drug-likeness (QED) is 0.0566. The molecule has 12 N–H and O–H groups in total. The topological polar surface area (TPSA) is 307 Å². The predicted molar refractivity (Wildman–Crippen MR) is 293 cm³/mol. The van der Waals surface area contributed by atoms with E-state index >= 15 is 0 Å². The number of nitrogens with one attached hydrogen (secondary N) is 7. The zero-order chi connectivity index (χ0) is 55.1. The minimum Gasteiger partial charge on any atom is -0.394 e. The minimum atomic E-state index is -1.67. The second-order valence-electron chi connectivity index (χ2n) is 19.3. The first-order chi connectivity index (χ1) is 36.5. The van der Waals surface area contributed by atoms with Crippen LogP contribution >= 0.6 is 21.6 Å². The first kappa shape index (κ1) is 60.8. The molecule has 0 radical (unpaired) electrons. The third-order valence-corrected chi connectivity index (χ3v) is 15.6. The van der Waals surface area contributed by atoms with Gasteiger partial charge in [-0.05, 0) is 86.7 Å². The van der Waals surface area contributed by atoms with Gasteiger partial charge in [0.2, 0.25) is 41.4 Å². The van der Waals surface area contributed by atoms with Gasteiger partial charge >= 0.3 is 0 Å². The molecule has 1 fully saturated rings. The van der Waals surface area contributed by atoms with Crippen molar-refractivity contribution < 1.29 is 53.7 Å². The van der Waals surface area contributed by atoms with Gasteiger partial charge in [-0.3, -0.25) is 38.4 Å². The Hall–Kier alpha value is -6.10. The number of Topliss-reactive ketones (excluding diaryl/α,β-unsaturated/α-hetero) is 1. The highest BCUT2D eigenvalue weighted by Crippen LogP contribution is 2.31. The molecule has 0 spiro atoms. The van der Waals surface area contributed by atoms with E-state index < -0.39 is 115 Å². The summed E-state index contributed by atoms with van der Waals surface area (Å²) in [7, 11) is 2.09. The van der Waals surface area contributed by atoms with Crippen LogP contribution < -0.4 is 43.0 Å². The first-order valence-corrected chi connectivity index (χ1v) is 28.4. The molecule has 0 aromatic heterocycles. The van der Waals surface area contributed by atoms with Crippen LogP contribution in [0.15, 0.2) is 91.0 Å². The maximum absolute atomic E-state index is 14.9. The number of carbonyl (C=O) groups is 8. The smallest absolute Gasteiger partial charge is 0.245 e. The number of hydrogen-bond donors (Lipinski definition) is 11. The van der Waals surface area contributed by atoms with Crippen molar-refractivity contribution in [3.8, 4) is 0 Å². The van der Waals surface area contributed by atoms with E-state index in [0.29, 0.717) is 31.2 Å². The summed E-state index contributed by atoms with van der Waals surface area (Å²) in [5.41, 5.74) is 9.93. The van der Waals surface area contributed by atoms with E-state index in [1.165, 1.54) is 13.8 Å². The number of amides is 7. The molecule has 76 heavy (non-hydrogen) atoms. The zero-order valence-electron chi connectivity index (χ0n) is 43.3. The molecule has 1 heterocycles. The Morgan fingerprint density at radius 2 is 1.39 bits per heavy atom. The van der Waals surface area contributed by atoms with Crippen LogP contribution in [0.25, 0.3) is 5.57 Å². The van der Waals surface area contributed by atoms with Gasteiger partial charge in [-0.2, -0.15) is 0 Å². The summed E-state index contributed by atoms with van der Waals surface area (Å²) in [6.45, 7) is 4.06.